The van der Waals surface area contributed by atoms with E-state index in [4.69, 9.17) is 5.26 Å². The van der Waals surface area contributed by atoms with Gasteiger partial charge in [0.1, 0.15) is 6.54 Å². The number of pyridine rings is 1. The van der Waals surface area contributed by atoms with E-state index in [0.29, 0.717) is 12.3 Å². The van der Waals surface area contributed by atoms with Gasteiger partial charge in [-0.1, -0.05) is 26.0 Å². The van der Waals surface area contributed by atoms with E-state index in [2.05, 4.69) is 53.3 Å². The smallest absolute Gasteiger partial charge is 0.228 e. The van der Waals surface area contributed by atoms with Gasteiger partial charge >= 0.3 is 0 Å². The minimum Gasteiger partial charge on any atom is -0.368 e. The van der Waals surface area contributed by atoms with Gasteiger partial charge in [0.25, 0.3) is 0 Å². The molecule has 1 saturated heterocycles. The Bertz CT molecular complexity index is 928. The van der Waals surface area contributed by atoms with Crippen LogP contribution in [0.2, 0.25) is 0 Å². The fraction of sp³-hybridized carbons (Fsp3) is 0.417. The predicted octanol–water partition coefficient (Wildman–Crippen LogP) is 2.80. The molecular weight excluding hydrogens is 390 g/mol. The van der Waals surface area contributed by atoms with Gasteiger partial charge in [0, 0.05) is 49.8 Å². The van der Waals surface area contributed by atoms with Crippen molar-refractivity contribution in [3.05, 3.63) is 48.3 Å². The number of piperazine rings is 1. The number of rotatable bonds is 8. The molecule has 31 heavy (non-hydrogen) atoms. The van der Waals surface area contributed by atoms with Crippen LogP contribution in [0.3, 0.4) is 0 Å². The molecule has 2 amide bonds. The highest BCUT2D eigenvalue weighted by Gasteiger charge is 2.22. The zero-order valence-corrected chi connectivity index (χ0v) is 18.1. The lowest BCUT2D eigenvalue weighted by Crippen LogP contribution is -2.45. The topological polar surface area (TPSA) is 89.3 Å². The summed E-state index contributed by atoms with van der Waals surface area (Å²) in [5, 5.41) is 11.5. The molecule has 0 spiro atoms. The highest BCUT2D eigenvalue weighted by Crippen LogP contribution is 2.29. The molecule has 0 bridgehead atoms. The van der Waals surface area contributed by atoms with Crippen molar-refractivity contribution in [1.29, 1.82) is 5.26 Å². The summed E-state index contributed by atoms with van der Waals surface area (Å²) in [6.45, 7) is 7.28. The molecule has 1 N–H and O–H groups in total. The Morgan fingerprint density at radius 2 is 1.87 bits per heavy atom. The van der Waals surface area contributed by atoms with Gasteiger partial charge in [0.05, 0.1) is 12.0 Å². The molecule has 1 fully saturated rings. The average Bonchev–Trinajstić information content (AvgIpc) is 2.81. The molecule has 1 aliphatic heterocycles. The number of hydrogen-bond acceptors (Lipinski definition) is 5. The second-order valence-electron chi connectivity index (χ2n) is 8.24. The Balaban J connectivity index is 1.77. The summed E-state index contributed by atoms with van der Waals surface area (Å²) in [6, 6.07) is 12.3. The molecule has 0 saturated carbocycles. The van der Waals surface area contributed by atoms with Gasteiger partial charge in [0.2, 0.25) is 12.3 Å². The van der Waals surface area contributed by atoms with Crippen molar-refractivity contribution in [3.8, 4) is 17.2 Å². The van der Waals surface area contributed by atoms with E-state index in [1.165, 1.54) is 0 Å². The highest BCUT2D eigenvalue weighted by molar-refractivity contribution is 5.84. The zero-order chi connectivity index (χ0) is 22.2. The van der Waals surface area contributed by atoms with Gasteiger partial charge in [0.15, 0.2) is 0 Å². The van der Waals surface area contributed by atoms with Crippen LogP contribution in [-0.4, -0.2) is 54.9 Å². The van der Waals surface area contributed by atoms with Crippen LogP contribution in [0.1, 0.15) is 31.7 Å². The van der Waals surface area contributed by atoms with Crippen LogP contribution in [0.4, 0.5) is 5.69 Å². The Morgan fingerprint density at radius 3 is 2.48 bits per heavy atom. The third-order valence-corrected chi connectivity index (χ3v) is 5.56. The molecule has 7 nitrogen and oxygen atoms in total. The molecule has 1 unspecified atom stereocenters. The molecule has 2 heterocycles. The summed E-state index contributed by atoms with van der Waals surface area (Å²) < 4.78 is 0. The van der Waals surface area contributed by atoms with Crippen molar-refractivity contribution in [2.75, 3.05) is 37.6 Å². The standard InChI is InChI=1S/C24H29N5O2/c1-18(2)13-23(24(31)27-8-7-25)21-14-20(15-26-16-21)19-3-5-22(6-4-19)29-11-9-28(17-30)10-12-29/h3-6,14-18,23H,8-13H2,1-2H3,(H,27,31). The minimum atomic E-state index is -0.339. The molecule has 2 aromatic rings. The fourth-order valence-electron chi connectivity index (χ4n) is 3.87. The monoisotopic (exact) mass is 419 g/mol. The minimum absolute atomic E-state index is 0.00309. The SMILES string of the molecule is CC(C)CC(C(=O)NCC#N)c1cncc(-c2ccc(N3CCN(C=O)CC3)cc2)c1. The first-order valence-electron chi connectivity index (χ1n) is 10.7. The van der Waals surface area contributed by atoms with Crippen LogP contribution >= 0.6 is 0 Å². The first-order chi connectivity index (χ1) is 15.0. The second-order valence-corrected chi connectivity index (χ2v) is 8.24. The van der Waals surface area contributed by atoms with E-state index in [9.17, 15) is 9.59 Å². The maximum absolute atomic E-state index is 12.6. The van der Waals surface area contributed by atoms with Crippen molar-refractivity contribution in [2.45, 2.75) is 26.2 Å². The maximum Gasteiger partial charge on any atom is 0.228 e. The first-order valence-corrected chi connectivity index (χ1v) is 10.7. The molecule has 1 atom stereocenters. The van der Waals surface area contributed by atoms with Crippen LogP contribution in [0.15, 0.2) is 42.7 Å². The lowest BCUT2D eigenvalue weighted by molar-refractivity contribution is -0.122. The summed E-state index contributed by atoms with van der Waals surface area (Å²) in [7, 11) is 0. The lowest BCUT2D eigenvalue weighted by Gasteiger charge is -2.34. The summed E-state index contributed by atoms with van der Waals surface area (Å²) in [5.41, 5.74) is 3.98. The predicted molar refractivity (Wildman–Crippen MR) is 120 cm³/mol. The van der Waals surface area contributed by atoms with Gasteiger partial charge in [-0.3, -0.25) is 14.6 Å². The Kier molecular flexibility index (Phi) is 7.60. The Morgan fingerprint density at radius 1 is 1.16 bits per heavy atom. The van der Waals surface area contributed by atoms with E-state index in [1.54, 1.807) is 17.3 Å². The summed E-state index contributed by atoms with van der Waals surface area (Å²) >= 11 is 0. The van der Waals surface area contributed by atoms with E-state index >= 15 is 0 Å². The number of hydrogen-bond donors (Lipinski definition) is 1. The van der Waals surface area contributed by atoms with Crippen molar-refractivity contribution in [2.24, 2.45) is 5.92 Å². The zero-order valence-electron chi connectivity index (χ0n) is 18.1. The van der Waals surface area contributed by atoms with Crippen molar-refractivity contribution in [3.63, 3.8) is 0 Å². The lowest BCUT2D eigenvalue weighted by atomic mass is 9.89. The van der Waals surface area contributed by atoms with Crippen LogP contribution in [0, 0.1) is 17.2 Å². The average molecular weight is 420 g/mol. The van der Waals surface area contributed by atoms with E-state index in [1.807, 2.05) is 12.1 Å². The third-order valence-electron chi connectivity index (χ3n) is 5.56. The largest absolute Gasteiger partial charge is 0.368 e. The van der Waals surface area contributed by atoms with E-state index in [-0.39, 0.29) is 18.4 Å². The normalized spacial score (nSPS) is 14.8. The van der Waals surface area contributed by atoms with Crippen molar-refractivity contribution < 1.29 is 9.59 Å². The van der Waals surface area contributed by atoms with E-state index in [0.717, 1.165) is 55.0 Å². The Hall–Kier alpha value is -3.40. The Labute approximate surface area is 183 Å². The number of amides is 2. The molecular formula is C24H29N5O2. The number of aromatic nitrogens is 1. The molecule has 1 aromatic carbocycles. The van der Waals surface area contributed by atoms with Gasteiger partial charge in [-0.25, -0.2) is 0 Å². The molecule has 0 aliphatic carbocycles. The van der Waals surface area contributed by atoms with Gasteiger partial charge in [-0.15, -0.1) is 0 Å². The summed E-state index contributed by atoms with van der Waals surface area (Å²) in [6.07, 6.45) is 5.14. The van der Waals surface area contributed by atoms with Crippen LogP contribution in [0.5, 0.6) is 0 Å². The van der Waals surface area contributed by atoms with Crippen LogP contribution < -0.4 is 10.2 Å². The second kappa shape index (κ2) is 10.6. The molecule has 1 aliphatic rings. The van der Waals surface area contributed by atoms with Crippen molar-refractivity contribution >= 4 is 18.0 Å². The molecule has 3 rings (SSSR count). The maximum atomic E-state index is 12.6. The number of anilines is 1. The number of benzene rings is 1. The number of nitrogens with one attached hydrogen (secondary N) is 1. The van der Waals surface area contributed by atoms with Gasteiger partial charge in [-0.05, 0) is 41.7 Å². The molecule has 1 aromatic heterocycles. The molecule has 7 heteroatoms. The van der Waals surface area contributed by atoms with Crippen molar-refractivity contribution in [1.82, 2.24) is 15.2 Å². The summed E-state index contributed by atoms with van der Waals surface area (Å²) in [4.78, 5) is 32.0. The number of nitrogens with zero attached hydrogens (tertiary/aromatic N) is 4. The first kappa shape index (κ1) is 22.3. The summed E-state index contributed by atoms with van der Waals surface area (Å²) in [5.74, 6) is -0.145. The quantitative estimate of drug-likeness (QED) is 0.525. The van der Waals surface area contributed by atoms with Gasteiger partial charge in [-0.2, -0.15) is 5.26 Å². The number of carbonyl (C=O) groups is 2. The van der Waals surface area contributed by atoms with Crippen LogP contribution in [0.25, 0.3) is 11.1 Å². The fourth-order valence-corrected chi connectivity index (χ4v) is 3.87. The number of carbonyl (C=O) groups excluding carboxylic acids is 2. The molecule has 0 radical (unpaired) electrons. The molecule has 162 valence electrons. The number of nitriles is 1. The highest BCUT2D eigenvalue weighted by atomic mass is 16.2. The van der Waals surface area contributed by atoms with Crippen LogP contribution in [-0.2, 0) is 9.59 Å². The van der Waals surface area contributed by atoms with E-state index < -0.39 is 0 Å². The third kappa shape index (κ3) is 5.82. The van der Waals surface area contributed by atoms with Gasteiger partial charge < -0.3 is 15.1 Å².